The molecule has 24 heavy (non-hydrogen) atoms. The number of carbonyl (C=O) groups is 2. The summed E-state index contributed by atoms with van der Waals surface area (Å²) in [6.07, 6.45) is 4.69. The van der Waals surface area contributed by atoms with Crippen LogP contribution >= 0.6 is 0 Å². The van der Waals surface area contributed by atoms with Crippen LogP contribution < -0.4 is 5.32 Å². The number of amides is 2. The smallest absolute Gasteiger partial charge is 0.257 e. The van der Waals surface area contributed by atoms with Gasteiger partial charge in [0.1, 0.15) is 0 Å². The Balaban J connectivity index is 1.57. The largest absolute Gasteiger partial charge is 0.353 e. The lowest BCUT2D eigenvalue weighted by molar-refractivity contribution is -0.124. The number of nitrogens with one attached hydrogen (secondary N) is 1. The molecule has 3 rings (SSSR count). The van der Waals surface area contributed by atoms with Gasteiger partial charge in [0.25, 0.3) is 5.91 Å². The van der Waals surface area contributed by atoms with Crippen LogP contribution in [0.5, 0.6) is 0 Å². The van der Waals surface area contributed by atoms with E-state index in [0.29, 0.717) is 11.6 Å². The van der Waals surface area contributed by atoms with Crippen LogP contribution in [-0.2, 0) is 11.3 Å². The zero-order valence-corrected chi connectivity index (χ0v) is 15.1. The highest BCUT2D eigenvalue weighted by Gasteiger charge is 2.56. The predicted octanol–water partition coefficient (Wildman–Crippen LogP) is 1.98. The molecule has 1 saturated heterocycles. The summed E-state index contributed by atoms with van der Waals surface area (Å²) in [7, 11) is 0. The summed E-state index contributed by atoms with van der Waals surface area (Å²) in [5, 5.41) is 7.43. The van der Waals surface area contributed by atoms with Crippen LogP contribution in [-0.4, -0.2) is 45.6 Å². The molecule has 1 spiro atoms. The Labute approximate surface area is 143 Å². The van der Waals surface area contributed by atoms with Crippen molar-refractivity contribution >= 4 is 11.8 Å². The van der Waals surface area contributed by atoms with Crippen molar-refractivity contribution < 1.29 is 9.59 Å². The molecule has 2 amide bonds. The van der Waals surface area contributed by atoms with Crippen molar-refractivity contribution in [3.8, 4) is 0 Å². The molecule has 0 bridgehead atoms. The zero-order valence-electron chi connectivity index (χ0n) is 15.1. The second kappa shape index (κ2) is 6.22. The number of aryl methyl sites for hydroxylation is 1. The molecule has 1 aromatic heterocycles. The molecular formula is C18H28N4O2. The Morgan fingerprint density at radius 1 is 1.38 bits per heavy atom. The molecule has 1 aliphatic carbocycles. The van der Waals surface area contributed by atoms with E-state index >= 15 is 0 Å². The second-order valence-corrected chi connectivity index (χ2v) is 7.53. The van der Waals surface area contributed by atoms with E-state index in [9.17, 15) is 9.59 Å². The standard InChI is InChI=1S/C18H28N4O2/c1-5-22-13(4)14(11-19-22)17(24)21-8-6-18(7-9-21)10-15(18)20-16(23)12(2)3/h11-12,15H,5-10H2,1-4H3,(H,20,23). The van der Waals surface area contributed by atoms with Gasteiger partial charge in [-0.05, 0) is 38.5 Å². The first kappa shape index (κ1) is 17.0. The Kier molecular flexibility index (Phi) is 4.40. The highest BCUT2D eigenvalue weighted by atomic mass is 16.2. The average molecular weight is 332 g/mol. The molecule has 0 radical (unpaired) electrons. The van der Waals surface area contributed by atoms with Gasteiger partial charge in [-0.1, -0.05) is 13.8 Å². The number of hydrogen-bond donors (Lipinski definition) is 1. The minimum atomic E-state index is 0.0300. The highest BCUT2D eigenvalue weighted by Crippen LogP contribution is 2.54. The van der Waals surface area contributed by atoms with Crippen molar-refractivity contribution in [2.24, 2.45) is 11.3 Å². The summed E-state index contributed by atoms with van der Waals surface area (Å²) < 4.78 is 1.86. The summed E-state index contributed by atoms with van der Waals surface area (Å²) >= 11 is 0. The molecule has 1 aliphatic heterocycles. The van der Waals surface area contributed by atoms with Crippen molar-refractivity contribution in [2.45, 2.75) is 59.5 Å². The van der Waals surface area contributed by atoms with E-state index in [1.54, 1.807) is 6.20 Å². The minimum Gasteiger partial charge on any atom is -0.353 e. The third-order valence-electron chi connectivity index (χ3n) is 5.71. The Hall–Kier alpha value is -1.85. The number of aromatic nitrogens is 2. The average Bonchev–Trinajstić information content (AvgIpc) is 3.06. The van der Waals surface area contributed by atoms with Gasteiger partial charge in [-0.25, -0.2) is 0 Å². The molecule has 2 fully saturated rings. The van der Waals surface area contributed by atoms with E-state index in [2.05, 4.69) is 10.4 Å². The van der Waals surface area contributed by atoms with Crippen LogP contribution in [0, 0.1) is 18.3 Å². The monoisotopic (exact) mass is 332 g/mol. The summed E-state index contributed by atoms with van der Waals surface area (Å²) in [5.74, 6) is 0.255. The summed E-state index contributed by atoms with van der Waals surface area (Å²) in [6, 6.07) is 0.300. The van der Waals surface area contributed by atoms with Gasteiger partial charge in [0.05, 0.1) is 11.8 Å². The SMILES string of the molecule is CCn1ncc(C(=O)N2CCC3(CC2)CC3NC(=O)C(C)C)c1C. The minimum absolute atomic E-state index is 0.0300. The maximum Gasteiger partial charge on any atom is 0.257 e. The fourth-order valence-electron chi connectivity index (χ4n) is 3.74. The lowest BCUT2D eigenvalue weighted by Gasteiger charge is -2.33. The molecule has 6 heteroatoms. The van der Waals surface area contributed by atoms with Crippen LogP contribution in [0.25, 0.3) is 0 Å². The molecule has 1 atom stereocenters. The second-order valence-electron chi connectivity index (χ2n) is 7.53. The van der Waals surface area contributed by atoms with E-state index in [-0.39, 0.29) is 23.1 Å². The van der Waals surface area contributed by atoms with Gasteiger partial charge in [0, 0.05) is 37.3 Å². The third-order valence-corrected chi connectivity index (χ3v) is 5.71. The van der Waals surface area contributed by atoms with Crippen molar-refractivity contribution in [3.05, 3.63) is 17.5 Å². The van der Waals surface area contributed by atoms with Crippen LogP contribution in [0.3, 0.4) is 0 Å². The molecule has 1 saturated carbocycles. The van der Waals surface area contributed by atoms with Crippen molar-refractivity contribution in [1.82, 2.24) is 20.0 Å². The van der Waals surface area contributed by atoms with E-state index in [1.165, 1.54) is 0 Å². The van der Waals surface area contributed by atoms with Gasteiger partial charge >= 0.3 is 0 Å². The Morgan fingerprint density at radius 3 is 2.58 bits per heavy atom. The maximum absolute atomic E-state index is 12.7. The van der Waals surface area contributed by atoms with Crippen molar-refractivity contribution in [1.29, 1.82) is 0 Å². The lowest BCUT2D eigenvalue weighted by Crippen LogP contribution is -2.42. The number of hydrogen-bond acceptors (Lipinski definition) is 3. The van der Waals surface area contributed by atoms with E-state index in [4.69, 9.17) is 0 Å². The molecule has 6 nitrogen and oxygen atoms in total. The van der Waals surface area contributed by atoms with Gasteiger partial charge in [0.2, 0.25) is 5.91 Å². The number of carbonyl (C=O) groups excluding carboxylic acids is 2. The van der Waals surface area contributed by atoms with Crippen LogP contribution in [0.4, 0.5) is 0 Å². The molecule has 132 valence electrons. The van der Waals surface area contributed by atoms with Crippen LogP contribution in [0.2, 0.25) is 0 Å². The third kappa shape index (κ3) is 2.94. The fourth-order valence-corrected chi connectivity index (χ4v) is 3.74. The number of rotatable bonds is 4. The summed E-state index contributed by atoms with van der Waals surface area (Å²) in [6.45, 7) is 10.1. The van der Waals surface area contributed by atoms with Crippen LogP contribution in [0.1, 0.15) is 56.1 Å². The molecule has 2 aliphatic rings. The quantitative estimate of drug-likeness (QED) is 0.917. The van der Waals surface area contributed by atoms with Gasteiger partial charge in [-0.3, -0.25) is 14.3 Å². The Morgan fingerprint density at radius 2 is 2.04 bits per heavy atom. The van der Waals surface area contributed by atoms with E-state index in [1.807, 2.05) is 37.3 Å². The molecular weight excluding hydrogens is 304 g/mol. The molecule has 0 aromatic carbocycles. The van der Waals surface area contributed by atoms with E-state index < -0.39 is 0 Å². The predicted molar refractivity (Wildman–Crippen MR) is 91.6 cm³/mol. The fraction of sp³-hybridized carbons (Fsp3) is 0.722. The highest BCUT2D eigenvalue weighted by molar-refractivity contribution is 5.95. The first-order valence-electron chi connectivity index (χ1n) is 9.00. The number of piperidine rings is 1. The van der Waals surface area contributed by atoms with E-state index in [0.717, 1.165) is 44.6 Å². The van der Waals surface area contributed by atoms with Gasteiger partial charge < -0.3 is 10.2 Å². The van der Waals surface area contributed by atoms with Gasteiger partial charge in [0.15, 0.2) is 0 Å². The number of likely N-dealkylation sites (tertiary alicyclic amines) is 1. The molecule has 2 heterocycles. The van der Waals surface area contributed by atoms with Crippen LogP contribution in [0.15, 0.2) is 6.20 Å². The number of nitrogens with zero attached hydrogens (tertiary/aromatic N) is 3. The van der Waals surface area contributed by atoms with Crippen molar-refractivity contribution in [2.75, 3.05) is 13.1 Å². The zero-order chi connectivity index (χ0) is 17.5. The van der Waals surface area contributed by atoms with Gasteiger partial charge in [-0.2, -0.15) is 5.10 Å². The summed E-state index contributed by atoms with van der Waals surface area (Å²) in [5.41, 5.74) is 1.88. The topological polar surface area (TPSA) is 67.2 Å². The first-order valence-corrected chi connectivity index (χ1v) is 9.00. The lowest BCUT2D eigenvalue weighted by atomic mass is 9.92. The summed E-state index contributed by atoms with van der Waals surface area (Å²) in [4.78, 5) is 26.5. The molecule has 1 unspecified atom stereocenters. The van der Waals surface area contributed by atoms with Crippen molar-refractivity contribution in [3.63, 3.8) is 0 Å². The molecule has 1 N–H and O–H groups in total. The first-order chi connectivity index (χ1) is 11.4. The maximum atomic E-state index is 12.7. The normalized spacial score (nSPS) is 22.0. The Bertz CT molecular complexity index is 641. The van der Waals surface area contributed by atoms with Gasteiger partial charge in [-0.15, -0.1) is 0 Å². The molecule has 1 aromatic rings.